The lowest BCUT2D eigenvalue weighted by molar-refractivity contribution is -0.123. The lowest BCUT2D eigenvalue weighted by Crippen LogP contribution is -2.38. The Kier molecular flexibility index (Phi) is 3.13. The van der Waals surface area contributed by atoms with Gasteiger partial charge in [-0.2, -0.15) is 0 Å². The second-order valence-corrected chi connectivity index (χ2v) is 6.41. The SMILES string of the molecule is CC(=O)[C@H]1CC[C@H]2[C@H](CCC3=CC(=O)CC[C@H]32)C1. The van der Waals surface area contributed by atoms with Crippen LogP contribution in [0, 0.1) is 23.7 Å². The summed E-state index contributed by atoms with van der Waals surface area (Å²) in [5.41, 5.74) is 1.42. The van der Waals surface area contributed by atoms with Gasteiger partial charge in [-0.25, -0.2) is 0 Å². The highest BCUT2D eigenvalue weighted by atomic mass is 16.1. The fraction of sp³-hybridized carbons (Fsp3) is 0.750. The average Bonchev–Trinajstić information content (AvgIpc) is 2.37. The molecule has 3 aliphatic carbocycles. The van der Waals surface area contributed by atoms with E-state index in [0.29, 0.717) is 23.4 Å². The highest BCUT2D eigenvalue weighted by molar-refractivity contribution is 5.91. The zero-order valence-corrected chi connectivity index (χ0v) is 11.2. The first-order valence-electron chi connectivity index (χ1n) is 7.39. The number of ketones is 2. The zero-order chi connectivity index (χ0) is 12.7. The fourth-order valence-corrected chi connectivity index (χ4v) is 4.49. The Labute approximate surface area is 109 Å². The van der Waals surface area contributed by atoms with Gasteiger partial charge in [-0.05, 0) is 69.3 Å². The van der Waals surface area contributed by atoms with Crippen LogP contribution < -0.4 is 0 Å². The highest BCUT2D eigenvalue weighted by Crippen LogP contribution is 2.50. The molecule has 0 spiro atoms. The van der Waals surface area contributed by atoms with Gasteiger partial charge in [-0.3, -0.25) is 9.59 Å². The maximum atomic E-state index is 11.5. The Bertz CT molecular complexity index is 407. The van der Waals surface area contributed by atoms with Crippen molar-refractivity contribution < 1.29 is 9.59 Å². The Hall–Kier alpha value is -0.920. The molecule has 0 radical (unpaired) electrons. The molecule has 0 bridgehead atoms. The van der Waals surface area contributed by atoms with Crippen molar-refractivity contribution in [3.05, 3.63) is 11.6 Å². The molecule has 3 aliphatic rings. The average molecular weight is 246 g/mol. The third kappa shape index (κ3) is 2.06. The molecule has 2 fully saturated rings. The van der Waals surface area contributed by atoms with Gasteiger partial charge in [0.25, 0.3) is 0 Å². The van der Waals surface area contributed by atoms with Crippen molar-refractivity contribution in [1.82, 2.24) is 0 Å². The van der Waals surface area contributed by atoms with Crippen LogP contribution in [-0.4, -0.2) is 11.6 Å². The van der Waals surface area contributed by atoms with E-state index in [9.17, 15) is 9.59 Å². The van der Waals surface area contributed by atoms with Crippen molar-refractivity contribution in [3.8, 4) is 0 Å². The van der Waals surface area contributed by atoms with Gasteiger partial charge >= 0.3 is 0 Å². The first kappa shape index (κ1) is 12.1. The minimum absolute atomic E-state index is 0.321. The summed E-state index contributed by atoms with van der Waals surface area (Å²) < 4.78 is 0. The number of hydrogen-bond acceptors (Lipinski definition) is 2. The Morgan fingerprint density at radius 1 is 1.17 bits per heavy atom. The number of rotatable bonds is 1. The lowest BCUT2D eigenvalue weighted by Gasteiger charge is -2.45. The standard InChI is InChI=1S/C16H22O2/c1-10(17)11-4-6-15-12(8-11)2-3-13-9-14(18)5-7-16(13)15/h9,11-12,15-16H,2-8H2,1H3/t11-,12+,15-,16+/m0/s1. The van der Waals surface area contributed by atoms with E-state index in [4.69, 9.17) is 0 Å². The second kappa shape index (κ2) is 4.64. The van der Waals surface area contributed by atoms with Gasteiger partial charge in [0.05, 0.1) is 0 Å². The summed E-state index contributed by atoms with van der Waals surface area (Å²) >= 11 is 0. The number of hydrogen-bond donors (Lipinski definition) is 0. The van der Waals surface area contributed by atoms with Crippen LogP contribution in [0.25, 0.3) is 0 Å². The van der Waals surface area contributed by atoms with Crippen LogP contribution in [0.5, 0.6) is 0 Å². The normalized spacial score (nSPS) is 39.6. The maximum absolute atomic E-state index is 11.5. The molecule has 0 aromatic rings. The van der Waals surface area contributed by atoms with Crippen LogP contribution in [0.3, 0.4) is 0 Å². The number of fused-ring (bicyclic) bond motifs is 3. The molecule has 4 atom stereocenters. The monoisotopic (exact) mass is 246 g/mol. The summed E-state index contributed by atoms with van der Waals surface area (Å²) in [5.74, 6) is 3.19. The van der Waals surface area contributed by atoms with Crippen LogP contribution in [0.15, 0.2) is 11.6 Å². The van der Waals surface area contributed by atoms with Gasteiger partial charge in [0.1, 0.15) is 5.78 Å². The Morgan fingerprint density at radius 3 is 2.78 bits per heavy atom. The van der Waals surface area contributed by atoms with E-state index in [1.54, 1.807) is 6.92 Å². The topological polar surface area (TPSA) is 34.1 Å². The first-order chi connectivity index (χ1) is 8.65. The Balaban J connectivity index is 1.76. The predicted molar refractivity (Wildman–Crippen MR) is 70.1 cm³/mol. The fourth-order valence-electron chi connectivity index (χ4n) is 4.49. The molecule has 0 saturated heterocycles. The third-order valence-corrected chi connectivity index (χ3v) is 5.46. The summed E-state index contributed by atoms with van der Waals surface area (Å²) in [4.78, 5) is 23.0. The van der Waals surface area contributed by atoms with Crippen molar-refractivity contribution in [2.75, 3.05) is 0 Å². The number of Topliss-reactive ketones (excluding diaryl/α,β-unsaturated/α-hetero) is 1. The largest absolute Gasteiger partial charge is 0.300 e. The maximum Gasteiger partial charge on any atom is 0.155 e. The third-order valence-electron chi connectivity index (χ3n) is 5.46. The Morgan fingerprint density at radius 2 is 2.00 bits per heavy atom. The van der Waals surface area contributed by atoms with Crippen molar-refractivity contribution in [2.45, 2.75) is 51.9 Å². The van der Waals surface area contributed by atoms with Gasteiger partial charge in [0.15, 0.2) is 5.78 Å². The molecule has 2 nitrogen and oxygen atoms in total. The van der Waals surface area contributed by atoms with Gasteiger partial charge in [-0.1, -0.05) is 5.57 Å². The number of allylic oxidation sites excluding steroid dienone is 2. The lowest BCUT2D eigenvalue weighted by atomic mass is 9.59. The molecular weight excluding hydrogens is 224 g/mol. The van der Waals surface area contributed by atoms with Gasteiger partial charge < -0.3 is 0 Å². The second-order valence-electron chi connectivity index (χ2n) is 6.41. The van der Waals surface area contributed by atoms with Gasteiger partial charge in [0.2, 0.25) is 0 Å². The molecule has 3 rings (SSSR count). The van der Waals surface area contributed by atoms with Gasteiger partial charge in [-0.15, -0.1) is 0 Å². The molecule has 0 aromatic carbocycles. The summed E-state index contributed by atoms with van der Waals surface area (Å²) in [6, 6.07) is 0. The first-order valence-corrected chi connectivity index (χ1v) is 7.39. The van der Waals surface area contributed by atoms with Gasteiger partial charge in [0, 0.05) is 12.3 Å². The van der Waals surface area contributed by atoms with Crippen molar-refractivity contribution in [3.63, 3.8) is 0 Å². The van der Waals surface area contributed by atoms with Crippen LogP contribution >= 0.6 is 0 Å². The van der Waals surface area contributed by atoms with E-state index in [0.717, 1.165) is 43.9 Å². The number of carbonyl (C=O) groups is 2. The van der Waals surface area contributed by atoms with Crippen molar-refractivity contribution in [2.24, 2.45) is 23.7 Å². The number of carbonyl (C=O) groups excluding carboxylic acids is 2. The summed E-state index contributed by atoms with van der Waals surface area (Å²) in [6.45, 7) is 1.75. The van der Waals surface area contributed by atoms with Crippen LogP contribution in [0.2, 0.25) is 0 Å². The van der Waals surface area contributed by atoms with E-state index in [1.807, 2.05) is 6.08 Å². The highest BCUT2D eigenvalue weighted by Gasteiger charge is 2.41. The van der Waals surface area contributed by atoms with Crippen LogP contribution in [0.4, 0.5) is 0 Å². The summed E-state index contributed by atoms with van der Waals surface area (Å²) in [7, 11) is 0. The molecule has 0 N–H and O–H groups in total. The van der Waals surface area contributed by atoms with E-state index >= 15 is 0 Å². The molecule has 0 unspecified atom stereocenters. The van der Waals surface area contributed by atoms with Crippen molar-refractivity contribution in [1.29, 1.82) is 0 Å². The summed E-state index contributed by atoms with van der Waals surface area (Å²) in [6.07, 6.45) is 9.43. The molecule has 0 aromatic heterocycles. The summed E-state index contributed by atoms with van der Waals surface area (Å²) in [5, 5.41) is 0. The van der Waals surface area contributed by atoms with Crippen LogP contribution in [-0.2, 0) is 9.59 Å². The molecule has 0 amide bonds. The smallest absolute Gasteiger partial charge is 0.155 e. The molecular formula is C16H22O2. The predicted octanol–water partition coefficient (Wildman–Crippen LogP) is 3.31. The molecule has 2 saturated carbocycles. The van der Waals surface area contributed by atoms with E-state index in [1.165, 1.54) is 18.4 Å². The minimum atomic E-state index is 0.321. The van der Waals surface area contributed by atoms with E-state index in [2.05, 4.69) is 0 Å². The molecule has 0 heterocycles. The molecule has 2 heteroatoms. The van der Waals surface area contributed by atoms with E-state index in [-0.39, 0.29) is 0 Å². The van der Waals surface area contributed by atoms with Crippen molar-refractivity contribution >= 4 is 11.6 Å². The molecule has 0 aliphatic heterocycles. The van der Waals surface area contributed by atoms with Crippen LogP contribution in [0.1, 0.15) is 51.9 Å². The molecule has 98 valence electrons. The minimum Gasteiger partial charge on any atom is -0.300 e. The quantitative estimate of drug-likeness (QED) is 0.711. The zero-order valence-electron chi connectivity index (χ0n) is 11.2. The molecule has 18 heavy (non-hydrogen) atoms. The van der Waals surface area contributed by atoms with E-state index < -0.39 is 0 Å².